The molecule has 0 bridgehead atoms. The molecule has 1 aliphatic heterocycles. The second-order valence-corrected chi connectivity index (χ2v) is 8.16. The van der Waals surface area contributed by atoms with E-state index in [1.165, 1.54) is 0 Å². The normalized spacial score (nSPS) is 19.7. The molecule has 0 unspecified atom stereocenters. The lowest BCUT2D eigenvalue weighted by atomic mass is 10.1. The molecule has 3 heterocycles. The van der Waals surface area contributed by atoms with Crippen molar-refractivity contribution in [3.63, 3.8) is 0 Å². The maximum atomic E-state index is 12.4. The van der Waals surface area contributed by atoms with E-state index >= 15 is 0 Å². The van der Waals surface area contributed by atoms with Crippen LogP contribution in [0.4, 0.5) is 0 Å². The zero-order chi connectivity index (χ0) is 16.4. The number of aryl methyl sites for hydroxylation is 1. The number of sulfonamides is 1. The van der Waals surface area contributed by atoms with Gasteiger partial charge in [-0.3, -0.25) is 0 Å². The number of hydrogen-bond donors (Lipinski definition) is 0. The number of aromatic nitrogens is 3. The molecule has 0 aliphatic carbocycles. The van der Waals surface area contributed by atoms with Crippen LogP contribution in [0.15, 0.2) is 18.3 Å². The first-order valence-corrected chi connectivity index (χ1v) is 9.96. The summed E-state index contributed by atoms with van der Waals surface area (Å²) in [6.45, 7) is 6.01. The molecule has 0 aromatic carbocycles. The van der Waals surface area contributed by atoms with E-state index in [4.69, 9.17) is 4.98 Å². The first-order valence-electron chi connectivity index (χ1n) is 8.35. The van der Waals surface area contributed by atoms with Crippen molar-refractivity contribution in [2.45, 2.75) is 45.6 Å². The zero-order valence-electron chi connectivity index (χ0n) is 13.8. The number of hydrogen-bond acceptors (Lipinski definition) is 4. The molecule has 0 saturated carbocycles. The smallest absolute Gasteiger partial charge is 0.214 e. The van der Waals surface area contributed by atoms with Crippen molar-refractivity contribution in [1.29, 1.82) is 0 Å². The van der Waals surface area contributed by atoms with Crippen LogP contribution >= 0.6 is 0 Å². The Balaban J connectivity index is 1.84. The minimum Gasteiger partial charge on any atom is -0.313 e. The van der Waals surface area contributed by atoms with Gasteiger partial charge in [0, 0.05) is 31.7 Å². The Hall–Kier alpha value is -1.47. The summed E-state index contributed by atoms with van der Waals surface area (Å²) in [5.41, 5.74) is 1.77. The monoisotopic (exact) mass is 336 g/mol. The first-order chi connectivity index (χ1) is 11.1. The van der Waals surface area contributed by atoms with Gasteiger partial charge in [-0.15, -0.1) is 0 Å². The summed E-state index contributed by atoms with van der Waals surface area (Å²) in [5.74, 6) is 1.37. The Labute approximate surface area is 137 Å². The van der Waals surface area contributed by atoms with E-state index in [2.05, 4.69) is 16.5 Å². The Bertz CT molecular complexity index is 784. The SMILES string of the molecule is CCCCS(=O)(=O)N1CC[C@H](c2nc3cccnc3n2CC)C1. The third-order valence-corrected chi connectivity index (χ3v) is 6.44. The van der Waals surface area contributed by atoms with Gasteiger partial charge in [0.25, 0.3) is 0 Å². The molecule has 2 aromatic heterocycles. The van der Waals surface area contributed by atoms with Crippen LogP contribution in [0.5, 0.6) is 0 Å². The number of unbranched alkanes of at least 4 members (excludes halogenated alkanes) is 1. The molecular weight excluding hydrogens is 312 g/mol. The molecule has 0 amide bonds. The van der Waals surface area contributed by atoms with Crippen molar-refractivity contribution in [3.8, 4) is 0 Å². The van der Waals surface area contributed by atoms with Crippen LogP contribution < -0.4 is 0 Å². The number of pyridine rings is 1. The molecule has 6 nitrogen and oxygen atoms in total. The molecule has 1 aliphatic rings. The lowest BCUT2D eigenvalue weighted by Gasteiger charge is -2.16. The summed E-state index contributed by atoms with van der Waals surface area (Å²) in [6.07, 6.45) is 4.22. The van der Waals surface area contributed by atoms with Crippen molar-refractivity contribution < 1.29 is 8.42 Å². The first kappa shape index (κ1) is 16.4. The third-order valence-electron chi connectivity index (χ3n) is 4.51. The second kappa shape index (κ2) is 6.57. The van der Waals surface area contributed by atoms with Gasteiger partial charge >= 0.3 is 0 Å². The molecule has 0 radical (unpaired) electrons. The molecule has 3 rings (SSSR count). The van der Waals surface area contributed by atoms with E-state index in [1.54, 1.807) is 10.5 Å². The van der Waals surface area contributed by atoms with E-state index in [1.807, 2.05) is 19.1 Å². The van der Waals surface area contributed by atoms with Crippen molar-refractivity contribution in [2.75, 3.05) is 18.8 Å². The minimum atomic E-state index is -3.13. The molecule has 7 heteroatoms. The molecule has 1 fully saturated rings. The fourth-order valence-electron chi connectivity index (χ4n) is 3.25. The van der Waals surface area contributed by atoms with Crippen molar-refractivity contribution in [3.05, 3.63) is 24.2 Å². The highest BCUT2D eigenvalue weighted by Crippen LogP contribution is 2.30. The van der Waals surface area contributed by atoms with Gasteiger partial charge in [-0.2, -0.15) is 0 Å². The topological polar surface area (TPSA) is 68.1 Å². The van der Waals surface area contributed by atoms with Gasteiger partial charge in [0.2, 0.25) is 10.0 Å². The highest BCUT2D eigenvalue weighted by atomic mass is 32.2. The highest BCUT2D eigenvalue weighted by molar-refractivity contribution is 7.89. The molecule has 23 heavy (non-hydrogen) atoms. The van der Waals surface area contributed by atoms with Crippen LogP contribution in [0.3, 0.4) is 0 Å². The zero-order valence-corrected chi connectivity index (χ0v) is 14.6. The van der Waals surface area contributed by atoms with E-state index in [9.17, 15) is 8.42 Å². The van der Waals surface area contributed by atoms with Crippen LogP contribution in [-0.2, 0) is 16.6 Å². The predicted octanol–water partition coefficient (Wildman–Crippen LogP) is 2.37. The van der Waals surface area contributed by atoms with Crippen molar-refractivity contribution in [1.82, 2.24) is 18.8 Å². The number of fused-ring (bicyclic) bond motifs is 1. The molecular formula is C16H24N4O2S. The number of rotatable bonds is 6. The molecule has 1 atom stereocenters. The Kier molecular flexibility index (Phi) is 4.68. The van der Waals surface area contributed by atoms with Gasteiger partial charge < -0.3 is 4.57 Å². The second-order valence-electron chi connectivity index (χ2n) is 6.07. The third kappa shape index (κ3) is 3.12. The number of nitrogens with zero attached hydrogens (tertiary/aromatic N) is 4. The summed E-state index contributed by atoms with van der Waals surface area (Å²) < 4.78 is 28.5. The Morgan fingerprint density at radius 3 is 2.91 bits per heavy atom. The van der Waals surface area contributed by atoms with Crippen LogP contribution in [0.2, 0.25) is 0 Å². The van der Waals surface area contributed by atoms with E-state index in [0.29, 0.717) is 13.1 Å². The predicted molar refractivity (Wildman–Crippen MR) is 90.8 cm³/mol. The fraction of sp³-hybridized carbons (Fsp3) is 0.625. The highest BCUT2D eigenvalue weighted by Gasteiger charge is 2.34. The molecule has 126 valence electrons. The summed E-state index contributed by atoms with van der Waals surface area (Å²) in [5, 5.41) is 0. The lowest BCUT2D eigenvalue weighted by molar-refractivity contribution is 0.467. The number of imidazole rings is 1. The van der Waals surface area contributed by atoms with Gasteiger partial charge in [-0.1, -0.05) is 13.3 Å². The van der Waals surface area contributed by atoms with Gasteiger partial charge in [-0.25, -0.2) is 22.7 Å². The van der Waals surface area contributed by atoms with Gasteiger partial charge in [-0.05, 0) is 31.9 Å². The van der Waals surface area contributed by atoms with Crippen LogP contribution in [0.25, 0.3) is 11.2 Å². The van der Waals surface area contributed by atoms with Crippen molar-refractivity contribution in [2.24, 2.45) is 0 Å². The maximum absolute atomic E-state index is 12.4. The van der Waals surface area contributed by atoms with E-state index in [0.717, 1.165) is 42.8 Å². The molecule has 0 N–H and O–H groups in total. The summed E-state index contributed by atoms with van der Waals surface area (Å²) in [4.78, 5) is 9.14. The van der Waals surface area contributed by atoms with Crippen LogP contribution in [0.1, 0.15) is 44.9 Å². The fourth-order valence-corrected chi connectivity index (χ4v) is 4.95. The Morgan fingerprint density at radius 1 is 1.35 bits per heavy atom. The van der Waals surface area contributed by atoms with Gasteiger partial charge in [0.05, 0.1) is 5.75 Å². The average Bonchev–Trinajstić information content (AvgIpc) is 3.17. The largest absolute Gasteiger partial charge is 0.313 e. The Morgan fingerprint density at radius 2 is 2.17 bits per heavy atom. The minimum absolute atomic E-state index is 0.153. The summed E-state index contributed by atoms with van der Waals surface area (Å²) in [6, 6.07) is 3.85. The quantitative estimate of drug-likeness (QED) is 0.812. The average molecular weight is 336 g/mol. The summed E-state index contributed by atoms with van der Waals surface area (Å²) >= 11 is 0. The molecule has 1 saturated heterocycles. The van der Waals surface area contributed by atoms with Crippen LogP contribution in [0, 0.1) is 0 Å². The molecule has 0 spiro atoms. The van der Waals surface area contributed by atoms with Gasteiger partial charge in [0.15, 0.2) is 5.65 Å². The standard InChI is InChI=1S/C16H24N4O2S/c1-3-5-11-23(21,22)19-10-8-13(12-19)15-18-14-7-6-9-17-16(14)20(15)4-2/h6-7,9,13H,3-5,8,10-12H2,1-2H3/t13-/m0/s1. The van der Waals surface area contributed by atoms with E-state index in [-0.39, 0.29) is 11.7 Å². The van der Waals surface area contributed by atoms with Gasteiger partial charge in [0.1, 0.15) is 11.3 Å². The van der Waals surface area contributed by atoms with Crippen molar-refractivity contribution >= 4 is 21.2 Å². The lowest BCUT2D eigenvalue weighted by Crippen LogP contribution is -2.31. The summed E-state index contributed by atoms with van der Waals surface area (Å²) in [7, 11) is -3.13. The molecule has 2 aromatic rings. The maximum Gasteiger partial charge on any atom is 0.214 e. The van der Waals surface area contributed by atoms with Crippen LogP contribution in [-0.4, -0.2) is 46.1 Å². The van der Waals surface area contributed by atoms with E-state index < -0.39 is 10.0 Å².